The van der Waals surface area contributed by atoms with Crippen LogP contribution in [0.2, 0.25) is 6.55 Å². The number of hydrogen-bond donors (Lipinski definition) is 1. The molecular formula is C3H10O2Si. The zero-order valence-electron chi connectivity index (χ0n) is 4.36. The fourth-order valence-corrected chi connectivity index (χ4v) is 0. The zero-order chi connectivity index (χ0) is 5.58. The Kier molecular flexibility index (Phi) is 13.5. The fourth-order valence-electron chi connectivity index (χ4n) is 0. The predicted molar refractivity (Wildman–Crippen MR) is 29.1 cm³/mol. The molecule has 2 nitrogen and oxygen atoms in total. The standard InChI is InChI=1S/C2H4O2.CH6Si/c1-2(3)4;1-2/h1H3,(H,3,4);1-2H3. The molecule has 0 radical (unpaired) electrons. The first-order chi connectivity index (χ1) is 2.73. The van der Waals surface area contributed by atoms with Crippen LogP contribution in [0.25, 0.3) is 0 Å². The van der Waals surface area contributed by atoms with Crippen LogP contribution < -0.4 is 0 Å². The average Bonchev–Trinajstić information content (AvgIpc) is 1.41. The molecule has 0 amide bonds. The molecule has 0 aromatic carbocycles. The van der Waals surface area contributed by atoms with E-state index >= 15 is 0 Å². The maximum Gasteiger partial charge on any atom is 0.300 e. The van der Waals surface area contributed by atoms with E-state index < -0.39 is 5.97 Å². The molecule has 3 heteroatoms. The molecule has 0 aromatic rings. The highest BCUT2D eigenvalue weighted by Crippen LogP contribution is 1.42. The van der Waals surface area contributed by atoms with Crippen molar-refractivity contribution in [2.24, 2.45) is 0 Å². The van der Waals surface area contributed by atoms with Gasteiger partial charge >= 0.3 is 0 Å². The molecule has 0 saturated heterocycles. The highest BCUT2D eigenvalue weighted by Gasteiger charge is 1.65. The van der Waals surface area contributed by atoms with Crippen LogP contribution in [0.4, 0.5) is 0 Å². The Hall–Kier alpha value is -0.313. The van der Waals surface area contributed by atoms with Crippen LogP contribution in [0, 0.1) is 0 Å². The molecular weight excluding hydrogens is 96.1 g/mol. The Morgan fingerprint density at radius 2 is 1.67 bits per heavy atom. The molecule has 6 heavy (non-hydrogen) atoms. The van der Waals surface area contributed by atoms with E-state index in [2.05, 4.69) is 6.55 Å². The molecule has 0 aliphatic rings. The lowest BCUT2D eigenvalue weighted by atomic mass is 10.9. The van der Waals surface area contributed by atoms with Gasteiger partial charge in [0.2, 0.25) is 0 Å². The lowest BCUT2D eigenvalue weighted by molar-refractivity contribution is -0.134. The number of rotatable bonds is 0. The van der Waals surface area contributed by atoms with Gasteiger partial charge < -0.3 is 5.11 Å². The van der Waals surface area contributed by atoms with Crippen molar-refractivity contribution in [1.29, 1.82) is 0 Å². The molecule has 0 heterocycles. The van der Waals surface area contributed by atoms with Gasteiger partial charge in [0.05, 0.1) is 0 Å². The molecule has 38 valence electrons. The summed E-state index contributed by atoms with van der Waals surface area (Å²) in [5.41, 5.74) is 0. The summed E-state index contributed by atoms with van der Waals surface area (Å²) in [6.45, 7) is 3.22. The highest BCUT2D eigenvalue weighted by molar-refractivity contribution is 6.05. The maximum absolute atomic E-state index is 9.00. The SMILES string of the molecule is CC(=O)O.C[SiH3]. The van der Waals surface area contributed by atoms with Crippen LogP contribution in [0.1, 0.15) is 6.92 Å². The van der Waals surface area contributed by atoms with E-state index in [4.69, 9.17) is 9.90 Å². The van der Waals surface area contributed by atoms with Crippen LogP contribution in [0.5, 0.6) is 0 Å². The summed E-state index contributed by atoms with van der Waals surface area (Å²) in [7, 11) is 1.31. The van der Waals surface area contributed by atoms with E-state index in [9.17, 15) is 0 Å². The van der Waals surface area contributed by atoms with Crippen molar-refractivity contribution >= 4 is 16.2 Å². The second-order valence-electron chi connectivity index (χ2n) is 0.519. The molecule has 1 N–H and O–H groups in total. The Morgan fingerprint density at radius 3 is 1.67 bits per heavy atom. The molecule has 0 unspecified atom stereocenters. The largest absolute Gasteiger partial charge is 0.481 e. The van der Waals surface area contributed by atoms with Gasteiger partial charge in [-0.1, -0.05) is 6.55 Å². The van der Waals surface area contributed by atoms with Crippen molar-refractivity contribution < 1.29 is 9.90 Å². The van der Waals surface area contributed by atoms with Crippen LogP contribution in [-0.2, 0) is 4.79 Å². The maximum atomic E-state index is 9.00. The number of carboxylic acids is 1. The zero-order valence-corrected chi connectivity index (χ0v) is 6.36. The van der Waals surface area contributed by atoms with E-state index in [1.54, 1.807) is 0 Å². The first-order valence-electron chi connectivity index (χ1n) is 1.93. The third-order valence-electron chi connectivity index (χ3n) is 0. The number of hydrogen-bond acceptors (Lipinski definition) is 1. The normalized spacial score (nSPS) is 5.67. The molecule has 0 rings (SSSR count). The molecule has 0 aromatic heterocycles. The molecule has 0 atom stereocenters. The third-order valence-corrected chi connectivity index (χ3v) is 0. The Bertz CT molecular complexity index is 31.8. The fraction of sp³-hybridized carbons (Fsp3) is 0.667. The van der Waals surface area contributed by atoms with E-state index in [0.29, 0.717) is 0 Å². The smallest absolute Gasteiger partial charge is 0.300 e. The van der Waals surface area contributed by atoms with Crippen molar-refractivity contribution in [3.63, 3.8) is 0 Å². The van der Waals surface area contributed by atoms with Gasteiger partial charge in [-0.05, 0) is 10.2 Å². The van der Waals surface area contributed by atoms with E-state index in [0.717, 1.165) is 6.92 Å². The van der Waals surface area contributed by atoms with E-state index in [1.807, 2.05) is 0 Å². The highest BCUT2D eigenvalue weighted by atomic mass is 28.1. The number of carbonyl (C=O) groups is 1. The molecule has 0 aliphatic carbocycles. The number of carboxylic acid groups (broad SMARTS) is 1. The quantitative estimate of drug-likeness (QED) is 0.422. The summed E-state index contributed by atoms with van der Waals surface area (Å²) in [6, 6.07) is 0. The van der Waals surface area contributed by atoms with Gasteiger partial charge in [0.1, 0.15) is 0 Å². The van der Waals surface area contributed by atoms with Gasteiger partial charge in [-0.25, -0.2) is 0 Å². The summed E-state index contributed by atoms with van der Waals surface area (Å²) in [5.74, 6) is -0.833. The molecule has 0 spiro atoms. The van der Waals surface area contributed by atoms with Gasteiger partial charge in [0, 0.05) is 6.92 Å². The summed E-state index contributed by atoms with van der Waals surface area (Å²) in [4.78, 5) is 9.00. The Labute approximate surface area is 40.6 Å². The Balaban J connectivity index is 0. The topological polar surface area (TPSA) is 37.3 Å². The molecule has 0 bridgehead atoms. The predicted octanol–water partition coefficient (Wildman–Crippen LogP) is -0.509. The van der Waals surface area contributed by atoms with Crippen molar-refractivity contribution in [2.45, 2.75) is 13.5 Å². The van der Waals surface area contributed by atoms with Crippen molar-refractivity contribution in [3.8, 4) is 0 Å². The average molecular weight is 106 g/mol. The van der Waals surface area contributed by atoms with Crippen LogP contribution in [0.3, 0.4) is 0 Å². The minimum absolute atomic E-state index is 0.833. The molecule has 0 fully saturated rings. The van der Waals surface area contributed by atoms with Gasteiger partial charge in [-0.3, -0.25) is 4.79 Å². The van der Waals surface area contributed by atoms with Crippen LogP contribution >= 0.6 is 0 Å². The van der Waals surface area contributed by atoms with Gasteiger partial charge in [0.25, 0.3) is 5.97 Å². The summed E-state index contributed by atoms with van der Waals surface area (Å²) in [6.07, 6.45) is 0. The monoisotopic (exact) mass is 106 g/mol. The van der Waals surface area contributed by atoms with Gasteiger partial charge in [-0.15, -0.1) is 0 Å². The van der Waals surface area contributed by atoms with E-state index in [-0.39, 0.29) is 0 Å². The number of aliphatic carboxylic acids is 1. The summed E-state index contributed by atoms with van der Waals surface area (Å²) in [5, 5.41) is 7.42. The van der Waals surface area contributed by atoms with Crippen LogP contribution in [-0.4, -0.2) is 21.3 Å². The minimum Gasteiger partial charge on any atom is -0.481 e. The van der Waals surface area contributed by atoms with Crippen molar-refractivity contribution in [1.82, 2.24) is 0 Å². The first kappa shape index (κ1) is 9.19. The van der Waals surface area contributed by atoms with Gasteiger partial charge in [0.15, 0.2) is 0 Å². The first-order valence-corrected chi connectivity index (χ1v) is 3.93. The minimum atomic E-state index is -0.833. The summed E-state index contributed by atoms with van der Waals surface area (Å²) < 4.78 is 0. The van der Waals surface area contributed by atoms with E-state index in [1.165, 1.54) is 10.2 Å². The lowest BCUT2D eigenvalue weighted by Crippen LogP contribution is -1.78. The third kappa shape index (κ3) is 271. The van der Waals surface area contributed by atoms with Gasteiger partial charge in [-0.2, -0.15) is 0 Å². The Morgan fingerprint density at radius 1 is 1.67 bits per heavy atom. The second-order valence-corrected chi connectivity index (χ2v) is 0.519. The van der Waals surface area contributed by atoms with Crippen LogP contribution in [0.15, 0.2) is 0 Å². The van der Waals surface area contributed by atoms with Crippen molar-refractivity contribution in [2.75, 3.05) is 0 Å². The lowest BCUT2D eigenvalue weighted by Gasteiger charge is -1.59. The summed E-state index contributed by atoms with van der Waals surface area (Å²) >= 11 is 0. The molecule has 0 aliphatic heterocycles. The second kappa shape index (κ2) is 8.82. The molecule has 0 saturated carbocycles. The van der Waals surface area contributed by atoms with Crippen molar-refractivity contribution in [3.05, 3.63) is 0 Å².